The summed E-state index contributed by atoms with van der Waals surface area (Å²) in [5.41, 5.74) is 4.33. The van der Waals surface area contributed by atoms with E-state index in [1.807, 2.05) is 12.1 Å². The summed E-state index contributed by atoms with van der Waals surface area (Å²) in [7, 11) is 0. The first-order valence-corrected chi connectivity index (χ1v) is 6.78. The third-order valence-electron chi connectivity index (χ3n) is 2.42. The van der Waals surface area contributed by atoms with Crippen LogP contribution in [-0.4, -0.2) is 17.1 Å². The number of pyridine rings is 1. The van der Waals surface area contributed by atoms with Gasteiger partial charge in [0.15, 0.2) is 5.82 Å². The van der Waals surface area contributed by atoms with Crippen molar-refractivity contribution < 1.29 is 4.79 Å². The number of benzene rings is 1. The largest absolute Gasteiger partial charge is 0.326 e. The lowest BCUT2D eigenvalue weighted by Gasteiger charge is -2.03. The Bertz CT molecular complexity index is 671. The summed E-state index contributed by atoms with van der Waals surface area (Å²) in [6.45, 7) is 1.46. The van der Waals surface area contributed by atoms with Crippen LogP contribution in [0.1, 0.15) is 12.5 Å². The second-order valence-electron chi connectivity index (χ2n) is 4.16. The number of aromatic nitrogens is 1. The summed E-state index contributed by atoms with van der Waals surface area (Å²) in [6, 6.07) is 8.81. The molecular formula is C14H12Cl2N4O. The van der Waals surface area contributed by atoms with Crippen LogP contribution in [0.4, 0.5) is 11.5 Å². The van der Waals surface area contributed by atoms with E-state index in [-0.39, 0.29) is 5.91 Å². The van der Waals surface area contributed by atoms with Gasteiger partial charge in [-0.25, -0.2) is 4.98 Å². The van der Waals surface area contributed by atoms with E-state index in [2.05, 4.69) is 20.8 Å². The lowest BCUT2D eigenvalue weighted by atomic mass is 10.2. The van der Waals surface area contributed by atoms with Gasteiger partial charge in [-0.05, 0) is 23.8 Å². The maximum Gasteiger partial charge on any atom is 0.221 e. The number of anilines is 2. The Morgan fingerprint density at radius 2 is 2.00 bits per heavy atom. The Morgan fingerprint density at radius 1 is 1.29 bits per heavy atom. The van der Waals surface area contributed by atoms with Crippen molar-refractivity contribution in [3.8, 4) is 0 Å². The zero-order valence-electron chi connectivity index (χ0n) is 11.1. The summed E-state index contributed by atoms with van der Waals surface area (Å²) < 4.78 is 0. The van der Waals surface area contributed by atoms with Crippen LogP contribution < -0.4 is 10.7 Å². The molecule has 0 saturated carbocycles. The number of hydrazone groups is 1. The number of hydrogen-bond acceptors (Lipinski definition) is 4. The first-order valence-electron chi connectivity index (χ1n) is 6.02. The molecule has 0 aliphatic carbocycles. The molecule has 1 aromatic carbocycles. The molecule has 0 aliphatic rings. The van der Waals surface area contributed by atoms with Crippen molar-refractivity contribution >= 4 is 46.8 Å². The predicted molar refractivity (Wildman–Crippen MR) is 86.2 cm³/mol. The van der Waals surface area contributed by atoms with Crippen molar-refractivity contribution in [1.29, 1.82) is 0 Å². The van der Waals surface area contributed by atoms with Gasteiger partial charge in [0.2, 0.25) is 5.91 Å². The molecule has 0 bridgehead atoms. The van der Waals surface area contributed by atoms with Gasteiger partial charge in [0.1, 0.15) is 0 Å². The fraction of sp³-hybridized carbons (Fsp3) is 0.0714. The van der Waals surface area contributed by atoms with Crippen LogP contribution in [0.25, 0.3) is 0 Å². The topological polar surface area (TPSA) is 66.4 Å². The molecule has 2 rings (SSSR count). The van der Waals surface area contributed by atoms with Gasteiger partial charge in [-0.1, -0.05) is 35.3 Å². The van der Waals surface area contributed by atoms with Crippen LogP contribution in [-0.2, 0) is 4.79 Å². The minimum absolute atomic E-state index is 0.110. The Balaban J connectivity index is 1.99. The van der Waals surface area contributed by atoms with Crippen LogP contribution in [0.3, 0.4) is 0 Å². The van der Waals surface area contributed by atoms with Gasteiger partial charge in [0.25, 0.3) is 0 Å². The molecule has 0 spiro atoms. The molecule has 1 amide bonds. The summed E-state index contributed by atoms with van der Waals surface area (Å²) >= 11 is 11.7. The van der Waals surface area contributed by atoms with Crippen molar-refractivity contribution in [3.05, 3.63) is 52.1 Å². The van der Waals surface area contributed by atoms with Gasteiger partial charge < -0.3 is 5.32 Å². The molecule has 5 nitrogen and oxygen atoms in total. The van der Waals surface area contributed by atoms with Gasteiger partial charge in [0.05, 0.1) is 16.3 Å². The fourth-order valence-corrected chi connectivity index (χ4v) is 1.94. The number of carbonyl (C=O) groups excluding carboxylic acids is 1. The van der Waals surface area contributed by atoms with Gasteiger partial charge >= 0.3 is 0 Å². The number of nitrogens with one attached hydrogen (secondary N) is 2. The molecule has 2 aromatic rings. The van der Waals surface area contributed by atoms with E-state index in [4.69, 9.17) is 23.2 Å². The monoisotopic (exact) mass is 322 g/mol. The molecule has 0 radical (unpaired) electrons. The van der Waals surface area contributed by atoms with Crippen LogP contribution in [0.15, 0.2) is 41.6 Å². The Kier molecular flexibility index (Phi) is 5.14. The average Bonchev–Trinajstić information content (AvgIpc) is 2.42. The van der Waals surface area contributed by atoms with Crippen molar-refractivity contribution in [2.24, 2.45) is 5.10 Å². The number of hydrogen-bond donors (Lipinski definition) is 2. The minimum Gasteiger partial charge on any atom is -0.326 e. The predicted octanol–water partition coefficient (Wildman–Crippen LogP) is 3.79. The quantitative estimate of drug-likeness (QED) is 0.664. The molecule has 2 N–H and O–H groups in total. The second kappa shape index (κ2) is 7.06. The average molecular weight is 323 g/mol. The Morgan fingerprint density at radius 3 is 2.62 bits per heavy atom. The van der Waals surface area contributed by atoms with Gasteiger partial charge in [-0.2, -0.15) is 5.10 Å². The van der Waals surface area contributed by atoms with E-state index >= 15 is 0 Å². The van der Waals surface area contributed by atoms with Gasteiger partial charge in [-0.3, -0.25) is 10.2 Å². The Hall–Kier alpha value is -2.11. The minimum atomic E-state index is -0.110. The van der Waals surface area contributed by atoms with E-state index in [1.165, 1.54) is 13.1 Å². The highest BCUT2D eigenvalue weighted by atomic mass is 35.5. The highest BCUT2D eigenvalue weighted by molar-refractivity contribution is 6.35. The number of nitrogens with zero attached hydrogens (tertiary/aromatic N) is 2. The molecule has 7 heteroatoms. The lowest BCUT2D eigenvalue weighted by molar-refractivity contribution is -0.114. The first kappa shape index (κ1) is 15.3. The van der Waals surface area contributed by atoms with Crippen LogP contribution >= 0.6 is 23.2 Å². The smallest absolute Gasteiger partial charge is 0.221 e. The normalized spacial score (nSPS) is 10.6. The first-order chi connectivity index (χ1) is 10.0. The Labute approximate surface area is 132 Å². The van der Waals surface area contributed by atoms with Crippen molar-refractivity contribution in [3.63, 3.8) is 0 Å². The summed E-state index contributed by atoms with van der Waals surface area (Å²) in [5, 5.41) is 7.58. The molecular weight excluding hydrogens is 311 g/mol. The second-order valence-corrected chi connectivity index (χ2v) is 5.00. The van der Waals surface area contributed by atoms with Crippen LogP contribution in [0.2, 0.25) is 10.0 Å². The van der Waals surface area contributed by atoms with E-state index in [9.17, 15) is 4.79 Å². The summed E-state index contributed by atoms with van der Waals surface area (Å²) in [4.78, 5) is 14.9. The molecule has 21 heavy (non-hydrogen) atoms. The third-order valence-corrected chi connectivity index (χ3v) is 2.92. The molecule has 0 unspecified atom stereocenters. The maximum atomic E-state index is 10.9. The number of halogens is 2. The molecule has 0 atom stereocenters. The maximum absolute atomic E-state index is 10.9. The molecule has 0 saturated heterocycles. The van der Waals surface area contributed by atoms with Crippen LogP contribution in [0, 0.1) is 0 Å². The van der Waals surface area contributed by atoms with Gasteiger partial charge in [-0.15, -0.1) is 0 Å². The highest BCUT2D eigenvalue weighted by Gasteiger charge is 2.00. The standard InChI is InChI=1S/C14H12Cl2N4O/c1-9(21)19-12-4-2-10(3-5-12)7-18-20-14-13(16)6-11(15)8-17-14/h2-8H,1H3,(H,17,20)(H,19,21)/b18-7-. The van der Waals surface area contributed by atoms with E-state index in [0.717, 1.165) is 11.3 Å². The van der Waals surface area contributed by atoms with Crippen molar-refractivity contribution in [2.45, 2.75) is 6.92 Å². The van der Waals surface area contributed by atoms with Gasteiger partial charge in [0, 0.05) is 18.8 Å². The van der Waals surface area contributed by atoms with E-state index in [0.29, 0.717) is 15.9 Å². The zero-order valence-corrected chi connectivity index (χ0v) is 12.6. The van der Waals surface area contributed by atoms with Crippen molar-refractivity contribution in [1.82, 2.24) is 4.98 Å². The molecule has 1 aromatic heterocycles. The van der Waals surface area contributed by atoms with Crippen molar-refractivity contribution in [2.75, 3.05) is 10.7 Å². The number of amides is 1. The van der Waals surface area contributed by atoms with E-state index in [1.54, 1.807) is 24.4 Å². The summed E-state index contributed by atoms with van der Waals surface area (Å²) in [6.07, 6.45) is 3.09. The van der Waals surface area contributed by atoms with E-state index < -0.39 is 0 Å². The fourth-order valence-electron chi connectivity index (χ4n) is 1.52. The molecule has 0 fully saturated rings. The molecule has 1 heterocycles. The third kappa shape index (κ3) is 4.73. The number of carbonyl (C=O) groups is 1. The zero-order chi connectivity index (χ0) is 15.2. The van der Waals surface area contributed by atoms with Crippen LogP contribution in [0.5, 0.6) is 0 Å². The number of rotatable bonds is 4. The lowest BCUT2D eigenvalue weighted by Crippen LogP contribution is -2.05. The highest BCUT2D eigenvalue weighted by Crippen LogP contribution is 2.22. The summed E-state index contributed by atoms with van der Waals surface area (Å²) in [5.74, 6) is 0.314. The molecule has 0 aliphatic heterocycles. The molecule has 108 valence electrons. The SMILES string of the molecule is CC(=O)Nc1ccc(/C=N\Nc2ncc(Cl)cc2Cl)cc1.